The number of ether oxygens (including phenoxy) is 1. The van der Waals surface area contributed by atoms with Gasteiger partial charge in [-0.3, -0.25) is 4.79 Å². The van der Waals surface area contributed by atoms with Gasteiger partial charge in [-0.1, -0.05) is 47.2 Å². The van der Waals surface area contributed by atoms with Crippen LogP contribution in [0.3, 0.4) is 0 Å². The summed E-state index contributed by atoms with van der Waals surface area (Å²) in [5, 5.41) is 24.4. The molecule has 208 valence electrons. The summed E-state index contributed by atoms with van der Waals surface area (Å²) in [7, 11) is 0. The molecule has 1 atom stereocenters. The molecule has 0 aliphatic carbocycles. The van der Waals surface area contributed by atoms with Crippen molar-refractivity contribution in [2.24, 2.45) is 0 Å². The van der Waals surface area contributed by atoms with Gasteiger partial charge in [-0.15, -0.1) is 0 Å². The number of nitrogens with zero attached hydrogens (tertiary/aromatic N) is 1. The Bertz CT molecular complexity index is 1260. The number of aromatic nitrogens is 1. The molecule has 0 bridgehead atoms. The highest BCUT2D eigenvalue weighted by Gasteiger charge is 2.27. The summed E-state index contributed by atoms with van der Waals surface area (Å²) in [6, 6.07) is 10.7. The number of halogens is 1. The van der Waals surface area contributed by atoms with Crippen LogP contribution in [0.5, 0.6) is 5.75 Å². The maximum Gasteiger partial charge on any atom is 0.410 e. The first-order valence-corrected chi connectivity index (χ1v) is 14.9. The van der Waals surface area contributed by atoms with Crippen molar-refractivity contribution in [3.05, 3.63) is 62.2 Å². The Hall–Kier alpha value is -2.24. The van der Waals surface area contributed by atoms with Crippen molar-refractivity contribution in [2.45, 2.75) is 45.3 Å². The van der Waals surface area contributed by atoms with Crippen LogP contribution >= 0.6 is 34.7 Å². The van der Waals surface area contributed by atoms with E-state index in [1.165, 1.54) is 6.07 Å². The van der Waals surface area contributed by atoms with Gasteiger partial charge in [0.2, 0.25) is 0 Å². The normalized spacial score (nSPS) is 12.6. The molecule has 0 saturated heterocycles. The second-order valence-corrected chi connectivity index (χ2v) is 12.5. The fraction of sp³-hybridized carbons (Fsp3) is 0.481. The van der Waals surface area contributed by atoms with E-state index >= 15 is 0 Å². The molecule has 0 aliphatic heterocycles. The molecule has 0 aliphatic rings. The molecule has 3 aromatic rings. The number of aliphatic hydroxyl groups is 1. The van der Waals surface area contributed by atoms with Crippen LogP contribution in [-0.2, 0) is 11.2 Å². The Labute approximate surface area is 236 Å². The van der Waals surface area contributed by atoms with Gasteiger partial charge >= 0.3 is 11.0 Å². The van der Waals surface area contributed by atoms with Crippen LogP contribution in [0.2, 0.25) is 5.02 Å². The molecule has 1 aromatic heterocycles. The lowest BCUT2D eigenvalue weighted by Crippen LogP contribution is -2.46. The Morgan fingerprint density at radius 1 is 1.24 bits per heavy atom. The number of rotatable bonds is 13. The number of aromatic amines is 1. The molecular formula is C27H36ClN3O5S2. The van der Waals surface area contributed by atoms with Crippen molar-refractivity contribution in [3.63, 3.8) is 0 Å². The zero-order chi connectivity index (χ0) is 27.7. The molecule has 0 unspecified atom stereocenters. The predicted octanol–water partition coefficient (Wildman–Crippen LogP) is 5.17. The molecule has 11 heteroatoms. The molecule has 3 rings (SSSR count). The number of hydrogen-bond donors (Lipinski definition) is 4. The lowest BCUT2D eigenvalue weighted by atomic mass is 10.1. The smallest absolute Gasteiger partial charge is 0.410 e. The Morgan fingerprint density at radius 2 is 2.00 bits per heavy atom. The quantitative estimate of drug-likeness (QED) is 0.206. The van der Waals surface area contributed by atoms with Crippen LogP contribution in [-0.4, -0.2) is 69.5 Å². The van der Waals surface area contributed by atoms with E-state index in [1.807, 2.05) is 45.0 Å². The van der Waals surface area contributed by atoms with Crippen LogP contribution in [0.4, 0.5) is 4.79 Å². The summed E-state index contributed by atoms with van der Waals surface area (Å²) in [6.07, 6.45) is 0.298. The summed E-state index contributed by atoms with van der Waals surface area (Å²) < 4.78 is 6.12. The van der Waals surface area contributed by atoms with E-state index in [1.54, 1.807) is 22.7 Å². The first-order chi connectivity index (χ1) is 18.1. The molecule has 0 fully saturated rings. The van der Waals surface area contributed by atoms with Gasteiger partial charge < -0.3 is 30.2 Å². The second kappa shape index (κ2) is 14.2. The number of aliphatic hydroxyl groups excluding tert-OH is 1. The second-order valence-electron chi connectivity index (χ2n) is 9.86. The van der Waals surface area contributed by atoms with Crippen LogP contribution in [0, 0.1) is 0 Å². The number of benzene rings is 2. The highest BCUT2D eigenvalue weighted by Crippen LogP contribution is 2.31. The predicted molar refractivity (Wildman–Crippen MR) is 157 cm³/mol. The van der Waals surface area contributed by atoms with Crippen LogP contribution in [0.15, 0.2) is 41.2 Å². The van der Waals surface area contributed by atoms with Crippen molar-refractivity contribution in [3.8, 4) is 5.75 Å². The first kappa shape index (κ1) is 30.3. The van der Waals surface area contributed by atoms with Crippen molar-refractivity contribution < 1.29 is 19.7 Å². The maximum atomic E-state index is 12.8. The summed E-state index contributed by atoms with van der Waals surface area (Å²) >= 11 is 8.94. The van der Waals surface area contributed by atoms with Crippen LogP contribution in [0.25, 0.3) is 10.2 Å². The zero-order valence-electron chi connectivity index (χ0n) is 22.0. The van der Waals surface area contributed by atoms with Crippen LogP contribution < -0.4 is 10.2 Å². The van der Waals surface area contributed by atoms with Crippen molar-refractivity contribution in [2.75, 3.05) is 37.7 Å². The standard InChI is InChI=1S/C27H36ClN3O5S2/c1-27(2,3)31(26(35)36-14-11-18-7-4-5-8-20(18)28)13-6-15-37-16-12-29-17-22(33)19-9-10-21(32)23-24(19)38-25(34)30-23/h4-5,7-10,22,29,32-33H,6,11-17H2,1-3H3,(H,30,34)/t22-/m0/s1. The summed E-state index contributed by atoms with van der Waals surface area (Å²) in [5.74, 6) is 1.74. The third-order valence-electron chi connectivity index (χ3n) is 5.96. The summed E-state index contributed by atoms with van der Waals surface area (Å²) in [6.45, 7) is 7.92. The summed E-state index contributed by atoms with van der Waals surface area (Å²) in [5.41, 5.74) is 1.58. The molecule has 0 radical (unpaired) electrons. The van der Waals surface area contributed by atoms with E-state index < -0.39 is 6.10 Å². The third-order valence-corrected chi connectivity index (χ3v) is 8.33. The lowest BCUT2D eigenvalue weighted by molar-refractivity contribution is 0.0687. The molecule has 1 heterocycles. The van der Waals surface area contributed by atoms with Gasteiger partial charge in [-0.25, -0.2) is 4.79 Å². The number of phenols is 1. The Kier molecular flexibility index (Phi) is 11.3. The number of carbonyl (C=O) groups is 1. The molecule has 38 heavy (non-hydrogen) atoms. The summed E-state index contributed by atoms with van der Waals surface area (Å²) in [4.78, 5) is 28.5. The van der Waals surface area contributed by atoms with E-state index in [0.29, 0.717) is 46.9 Å². The Morgan fingerprint density at radius 3 is 2.74 bits per heavy atom. The average molecular weight is 582 g/mol. The molecule has 0 saturated carbocycles. The van der Waals surface area contributed by atoms with E-state index in [-0.39, 0.29) is 28.9 Å². The van der Waals surface area contributed by atoms with Gasteiger partial charge in [0.15, 0.2) is 0 Å². The van der Waals surface area contributed by atoms with Crippen molar-refractivity contribution in [1.29, 1.82) is 0 Å². The highest BCUT2D eigenvalue weighted by molar-refractivity contribution is 7.99. The minimum atomic E-state index is -0.793. The number of thioether (sulfide) groups is 1. The molecular weight excluding hydrogens is 546 g/mol. The molecule has 4 N–H and O–H groups in total. The number of phenolic OH excluding ortho intramolecular Hbond substituents is 1. The zero-order valence-corrected chi connectivity index (χ0v) is 24.3. The van der Waals surface area contributed by atoms with E-state index in [0.717, 1.165) is 34.8 Å². The number of H-pyrrole nitrogens is 1. The van der Waals surface area contributed by atoms with Crippen molar-refractivity contribution >= 4 is 51.0 Å². The van der Waals surface area contributed by atoms with Crippen molar-refractivity contribution in [1.82, 2.24) is 15.2 Å². The van der Waals surface area contributed by atoms with Gasteiger partial charge in [0.05, 0.1) is 17.4 Å². The fourth-order valence-corrected chi connectivity index (χ4v) is 5.92. The third kappa shape index (κ3) is 8.64. The van der Waals surface area contributed by atoms with E-state index in [9.17, 15) is 19.8 Å². The van der Waals surface area contributed by atoms with Gasteiger partial charge in [0.25, 0.3) is 0 Å². The number of carbonyl (C=O) groups excluding carboxylic acids is 1. The monoisotopic (exact) mass is 581 g/mol. The van der Waals surface area contributed by atoms with Gasteiger partial charge in [0, 0.05) is 47.9 Å². The SMILES string of the molecule is CC(C)(C)N(CCCSCCNC[C@H](O)c1ccc(O)c2[nH]c(=O)sc12)C(=O)OCCc1ccccc1Cl. The van der Waals surface area contributed by atoms with E-state index in [2.05, 4.69) is 10.3 Å². The number of amides is 1. The van der Waals surface area contributed by atoms with Gasteiger partial charge in [-0.2, -0.15) is 11.8 Å². The largest absolute Gasteiger partial charge is 0.506 e. The molecule has 2 aromatic carbocycles. The fourth-order valence-electron chi connectivity index (χ4n) is 3.95. The highest BCUT2D eigenvalue weighted by atomic mass is 35.5. The minimum Gasteiger partial charge on any atom is -0.506 e. The maximum absolute atomic E-state index is 12.8. The molecule has 8 nitrogen and oxygen atoms in total. The number of nitrogens with one attached hydrogen (secondary N) is 2. The molecule has 1 amide bonds. The minimum absolute atomic E-state index is 0.00551. The molecule has 0 spiro atoms. The number of hydrogen-bond acceptors (Lipinski definition) is 8. The van der Waals surface area contributed by atoms with E-state index in [4.69, 9.17) is 16.3 Å². The topological polar surface area (TPSA) is 115 Å². The number of thiazole rings is 1. The van der Waals surface area contributed by atoms with Gasteiger partial charge in [0.1, 0.15) is 11.3 Å². The van der Waals surface area contributed by atoms with Crippen LogP contribution in [0.1, 0.15) is 44.4 Å². The van der Waals surface area contributed by atoms with Gasteiger partial charge in [-0.05, 0) is 50.6 Å². The Balaban J connectivity index is 1.34. The number of fused-ring (bicyclic) bond motifs is 1. The first-order valence-electron chi connectivity index (χ1n) is 12.6. The number of aromatic hydroxyl groups is 1. The average Bonchev–Trinajstić information content (AvgIpc) is 3.25. The lowest BCUT2D eigenvalue weighted by Gasteiger charge is -2.34.